The summed E-state index contributed by atoms with van der Waals surface area (Å²) in [7, 11) is 0. The largest absolute Gasteiger partial charge is 0.490 e. The first kappa shape index (κ1) is 20.8. The average molecular weight is 444 g/mol. The highest BCUT2D eigenvalue weighted by molar-refractivity contribution is 6.01. The van der Waals surface area contributed by atoms with Gasteiger partial charge in [0, 0.05) is 23.3 Å². The SMILES string of the molecule is CC(C)Oc1ccncc1-c1ccc2[nH]nc(NC(=O)Cc3ccc4c(c3)OCCO4)c2c1. The number of carbonyl (C=O) groups excluding carboxylic acids is 1. The van der Waals surface area contributed by atoms with Crippen LogP contribution in [-0.2, 0) is 11.2 Å². The van der Waals surface area contributed by atoms with Gasteiger partial charge in [0.1, 0.15) is 19.0 Å². The topological polar surface area (TPSA) is 98.4 Å². The number of ether oxygens (including phenoxy) is 3. The second kappa shape index (κ2) is 8.82. The van der Waals surface area contributed by atoms with Crippen molar-refractivity contribution in [3.8, 4) is 28.4 Å². The van der Waals surface area contributed by atoms with Crippen LogP contribution in [0.4, 0.5) is 5.82 Å². The quantitative estimate of drug-likeness (QED) is 0.458. The van der Waals surface area contributed by atoms with E-state index in [1.165, 1.54) is 0 Å². The molecule has 1 amide bonds. The Bertz CT molecular complexity index is 1320. The molecule has 5 rings (SSSR count). The van der Waals surface area contributed by atoms with Gasteiger partial charge in [0.05, 0.1) is 18.0 Å². The van der Waals surface area contributed by atoms with Crippen molar-refractivity contribution in [2.45, 2.75) is 26.4 Å². The van der Waals surface area contributed by atoms with Gasteiger partial charge in [-0.15, -0.1) is 0 Å². The Hall–Kier alpha value is -4.07. The molecule has 0 bridgehead atoms. The van der Waals surface area contributed by atoms with Gasteiger partial charge >= 0.3 is 0 Å². The number of H-pyrrole nitrogens is 1. The number of pyridine rings is 1. The molecular weight excluding hydrogens is 420 g/mol. The second-order valence-corrected chi connectivity index (χ2v) is 8.07. The molecule has 1 aliphatic rings. The van der Waals surface area contributed by atoms with Crippen LogP contribution in [0.2, 0.25) is 0 Å². The number of amides is 1. The number of nitrogens with one attached hydrogen (secondary N) is 2. The molecule has 0 fully saturated rings. The Balaban J connectivity index is 1.38. The fourth-order valence-electron chi connectivity index (χ4n) is 3.79. The number of nitrogens with zero attached hydrogens (tertiary/aromatic N) is 2. The highest BCUT2D eigenvalue weighted by atomic mass is 16.6. The molecule has 0 aliphatic carbocycles. The Morgan fingerprint density at radius 1 is 1.12 bits per heavy atom. The van der Waals surface area contributed by atoms with Crippen molar-refractivity contribution in [1.29, 1.82) is 0 Å². The summed E-state index contributed by atoms with van der Waals surface area (Å²) in [5.41, 5.74) is 3.46. The zero-order valence-electron chi connectivity index (χ0n) is 18.4. The molecule has 2 N–H and O–H groups in total. The zero-order chi connectivity index (χ0) is 22.8. The third-order valence-corrected chi connectivity index (χ3v) is 5.25. The molecule has 0 atom stereocenters. The van der Waals surface area contributed by atoms with Gasteiger partial charge in [-0.25, -0.2) is 0 Å². The van der Waals surface area contributed by atoms with Gasteiger partial charge in [-0.2, -0.15) is 5.10 Å². The molecule has 2 aromatic heterocycles. The van der Waals surface area contributed by atoms with E-state index in [1.54, 1.807) is 12.4 Å². The Kier molecular flexibility index (Phi) is 5.56. The number of aromatic amines is 1. The first-order valence-corrected chi connectivity index (χ1v) is 10.8. The standard InChI is InChI=1S/C25H24N4O4/c1-15(2)33-21-7-8-26-14-19(21)17-4-5-20-18(13-17)25(29-28-20)27-24(30)12-16-3-6-22-23(11-16)32-10-9-31-22/h3-8,11,13-15H,9-10,12H2,1-2H3,(H2,27,28,29,30). The number of rotatable bonds is 6. The number of hydrogen-bond acceptors (Lipinski definition) is 6. The van der Waals surface area contributed by atoms with E-state index in [4.69, 9.17) is 14.2 Å². The molecule has 8 heteroatoms. The third-order valence-electron chi connectivity index (χ3n) is 5.25. The molecule has 0 spiro atoms. The average Bonchev–Trinajstić information content (AvgIpc) is 3.20. The zero-order valence-corrected chi connectivity index (χ0v) is 18.4. The van der Waals surface area contributed by atoms with Crippen LogP contribution < -0.4 is 19.5 Å². The number of anilines is 1. The van der Waals surface area contributed by atoms with Crippen LogP contribution in [0.3, 0.4) is 0 Å². The Morgan fingerprint density at radius 2 is 1.97 bits per heavy atom. The Morgan fingerprint density at radius 3 is 2.82 bits per heavy atom. The van der Waals surface area contributed by atoms with Crippen molar-refractivity contribution in [1.82, 2.24) is 15.2 Å². The third kappa shape index (κ3) is 4.45. The summed E-state index contributed by atoms with van der Waals surface area (Å²) >= 11 is 0. The molecule has 1 aliphatic heterocycles. The molecule has 8 nitrogen and oxygen atoms in total. The summed E-state index contributed by atoms with van der Waals surface area (Å²) in [4.78, 5) is 17.0. The normalized spacial score (nSPS) is 12.7. The van der Waals surface area contributed by atoms with E-state index < -0.39 is 0 Å². The van der Waals surface area contributed by atoms with E-state index in [0.29, 0.717) is 30.5 Å². The lowest BCUT2D eigenvalue weighted by Gasteiger charge is -2.18. The minimum atomic E-state index is -0.171. The molecule has 0 saturated heterocycles. The summed E-state index contributed by atoms with van der Waals surface area (Å²) in [6.07, 6.45) is 3.72. The van der Waals surface area contributed by atoms with Crippen molar-refractivity contribution >= 4 is 22.6 Å². The van der Waals surface area contributed by atoms with Crippen molar-refractivity contribution in [3.05, 3.63) is 60.4 Å². The van der Waals surface area contributed by atoms with Gasteiger partial charge in [-0.3, -0.25) is 14.9 Å². The van der Waals surface area contributed by atoms with Crippen molar-refractivity contribution in [2.24, 2.45) is 0 Å². The number of aromatic nitrogens is 3. The van der Waals surface area contributed by atoms with Crippen molar-refractivity contribution in [2.75, 3.05) is 18.5 Å². The molecule has 0 saturated carbocycles. The smallest absolute Gasteiger partial charge is 0.230 e. The molecule has 33 heavy (non-hydrogen) atoms. The van der Waals surface area contributed by atoms with E-state index in [0.717, 1.165) is 33.3 Å². The maximum atomic E-state index is 12.8. The molecule has 3 heterocycles. The van der Waals surface area contributed by atoms with Crippen LogP contribution in [0, 0.1) is 0 Å². The van der Waals surface area contributed by atoms with E-state index in [9.17, 15) is 4.79 Å². The molecular formula is C25H24N4O4. The molecule has 4 aromatic rings. The lowest BCUT2D eigenvalue weighted by atomic mass is 10.0. The van der Waals surface area contributed by atoms with Crippen LogP contribution in [0.5, 0.6) is 17.2 Å². The highest BCUT2D eigenvalue weighted by Gasteiger charge is 2.16. The monoisotopic (exact) mass is 444 g/mol. The van der Waals surface area contributed by atoms with Gasteiger partial charge in [0.2, 0.25) is 5.91 Å². The maximum Gasteiger partial charge on any atom is 0.230 e. The molecule has 0 unspecified atom stereocenters. The lowest BCUT2D eigenvalue weighted by Crippen LogP contribution is -2.17. The van der Waals surface area contributed by atoms with Crippen LogP contribution in [0.15, 0.2) is 54.9 Å². The van der Waals surface area contributed by atoms with E-state index in [1.807, 2.05) is 56.3 Å². The van der Waals surface area contributed by atoms with Crippen LogP contribution in [0.1, 0.15) is 19.4 Å². The number of carbonyl (C=O) groups is 1. The van der Waals surface area contributed by atoms with Crippen LogP contribution in [-0.4, -0.2) is 40.4 Å². The van der Waals surface area contributed by atoms with E-state index in [2.05, 4.69) is 20.5 Å². The predicted molar refractivity (Wildman–Crippen MR) is 125 cm³/mol. The highest BCUT2D eigenvalue weighted by Crippen LogP contribution is 2.34. The van der Waals surface area contributed by atoms with Gasteiger partial charge in [0.25, 0.3) is 0 Å². The summed E-state index contributed by atoms with van der Waals surface area (Å²) in [5, 5.41) is 11.0. The summed E-state index contributed by atoms with van der Waals surface area (Å²) in [6, 6.07) is 13.3. The number of fused-ring (bicyclic) bond motifs is 2. The van der Waals surface area contributed by atoms with E-state index >= 15 is 0 Å². The van der Waals surface area contributed by atoms with Crippen LogP contribution >= 0.6 is 0 Å². The summed E-state index contributed by atoms with van der Waals surface area (Å²) in [5.74, 6) is 2.43. The minimum absolute atomic E-state index is 0.0409. The fourth-order valence-corrected chi connectivity index (χ4v) is 3.79. The van der Waals surface area contributed by atoms with Crippen molar-refractivity contribution < 1.29 is 19.0 Å². The van der Waals surface area contributed by atoms with Crippen molar-refractivity contribution in [3.63, 3.8) is 0 Å². The minimum Gasteiger partial charge on any atom is -0.490 e. The number of benzene rings is 2. The van der Waals surface area contributed by atoms with Gasteiger partial charge in [-0.1, -0.05) is 12.1 Å². The first-order chi connectivity index (χ1) is 16.1. The van der Waals surface area contributed by atoms with E-state index in [-0.39, 0.29) is 18.4 Å². The summed E-state index contributed by atoms with van der Waals surface area (Å²) in [6.45, 7) is 5.01. The molecule has 0 radical (unpaired) electrons. The first-order valence-electron chi connectivity index (χ1n) is 10.8. The maximum absolute atomic E-state index is 12.8. The molecule has 168 valence electrons. The fraction of sp³-hybridized carbons (Fsp3) is 0.240. The predicted octanol–water partition coefficient (Wildman–Crippen LogP) is 4.36. The summed E-state index contributed by atoms with van der Waals surface area (Å²) < 4.78 is 17.1. The van der Waals surface area contributed by atoms with Gasteiger partial charge in [0.15, 0.2) is 17.3 Å². The van der Waals surface area contributed by atoms with Gasteiger partial charge in [-0.05, 0) is 55.3 Å². The lowest BCUT2D eigenvalue weighted by molar-refractivity contribution is -0.115. The van der Waals surface area contributed by atoms with Gasteiger partial charge < -0.3 is 19.5 Å². The number of hydrogen-bond donors (Lipinski definition) is 2. The molecule has 2 aromatic carbocycles. The Labute approximate surface area is 190 Å². The van der Waals surface area contributed by atoms with Crippen LogP contribution in [0.25, 0.3) is 22.0 Å². The second-order valence-electron chi connectivity index (χ2n) is 8.07.